The third-order valence-electron chi connectivity index (χ3n) is 2.99. The van der Waals surface area contributed by atoms with Crippen molar-refractivity contribution in [2.75, 3.05) is 7.11 Å². The lowest BCUT2D eigenvalue weighted by Crippen LogP contribution is -2.04. The molecule has 0 aliphatic carbocycles. The molecular formula is C14H12O8. The Bertz CT molecular complexity index is 743. The second kappa shape index (κ2) is 5.24. The van der Waals surface area contributed by atoms with Crippen molar-refractivity contribution in [2.45, 2.75) is 0 Å². The van der Waals surface area contributed by atoms with Gasteiger partial charge in [0, 0.05) is 12.1 Å². The number of aromatic hydroxyl groups is 6. The second-order valence-corrected chi connectivity index (χ2v) is 4.36. The lowest BCUT2D eigenvalue weighted by Gasteiger charge is -2.12. The van der Waals surface area contributed by atoms with E-state index in [-0.39, 0.29) is 5.75 Å². The average molecular weight is 308 g/mol. The predicted octanol–water partition coefficient (Wildman–Crippen LogP) is 1.16. The summed E-state index contributed by atoms with van der Waals surface area (Å²) in [6.45, 7) is 0. The highest BCUT2D eigenvalue weighted by molar-refractivity contribution is 6.14. The van der Waals surface area contributed by atoms with E-state index in [4.69, 9.17) is 4.74 Å². The Balaban J connectivity index is 2.68. The molecule has 2 rings (SSSR count). The first-order valence-corrected chi connectivity index (χ1v) is 5.89. The summed E-state index contributed by atoms with van der Waals surface area (Å²) in [5.74, 6) is -5.98. The normalized spacial score (nSPS) is 10.4. The van der Waals surface area contributed by atoms with Crippen LogP contribution in [0.2, 0.25) is 0 Å². The number of phenolic OH excluding ortho intramolecular Hbond substituents is 6. The highest BCUT2D eigenvalue weighted by Gasteiger charge is 2.26. The van der Waals surface area contributed by atoms with Gasteiger partial charge in [-0.15, -0.1) is 0 Å². The zero-order valence-electron chi connectivity index (χ0n) is 11.2. The maximum atomic E-state index is 12.3. The standard InChI is InChI=1S/C14H12O8/c1-22-9-4-6(12(19)14(21)13(9)20)11(18)10-7(16)2-5(15)3-8(10)17/h2-4,15-17,19-21H,1H3. The molecule has 0 radical (unpaired) electrons. The molecule has 116 valence electrons. The van der Waals surface area contributed by atoms with E-state index in [1.807, 2.05) is 0 Å². The van der Waals surface area contributed by atoms with Gasteiger partial charge in [-0.05, 0) is 6.07 Å². The summed E-state index contributed by atoms with van der Waals surface area (Å²) in [6.07, 6.45) is 0. The van der Waals surface area contributed by atoms with Gasteiger partial charge in [0.15, 0.2) is 11.5 Å². The zero-order chi connectivity index (χ0) is 16.6. The quantitative estimate of drug-likeness (QED) is 0.365. The van der Waals surface area contributed by atoms with Crippen LogP contribution in [0.3, 0.4) is 0 Å². The van der Waals surface area contributed by atoms with Gasteiger partial charge in [-0.3, -0.25) is 4.79 Å². The summed E-state index contributed by atoms with van der Waals surface area (Å²) in [5.41, 5.74) is -1.12. The van der Waals surface area contributed by atoms with E-state index in [0.717, 1.165) is 25.3 Å². The second-order valence-electron chi connectivity index (χ2n) is 4.36. The predicted molar refractivity (Wildman–Crippen MR) is 72.9 cm³/mol. The Hall–Kier alpha value is -3.29. The number of carbonyl (C=O) groups excluding carboxylic acids is 1. The maximum Gasteiger partial charge on any atom is 0.205 e. The van der Waals surface area contributed by atoms with Crippen molar-refractivity contribution in [2.24, 2.45) is 0 Å². The average Bonchev–Trinajstić information content (AvgIpc) is 2.44. The van der Waals surface area contributed by atoms with Crippen molar-refractivity contribution in [3.8, 4) is 40.2 Å². The van der Waals surface area contributed by atoms with Gasteiger partial charge in [-0.1, -0.05) is 0 Å². The number of methoxy groups -OCH3 is 1. The summed E-state index contributed by atoms with van der Waals surface area (Å²) < 4.78 is 4.75. The van der Waals surface area contributed by atoms with Crippen LogP contribution in [0.15, 0.2) is 18.2 Å². The van der Waals surface area contributed by atoms with Gasteiger partial charge in [-0.25, -0.2) is 0 Å². The molecule has 2 aromatic carbocycles. The van der Waals surface area contributed by atoms with Gasteiger partial charge in [0.2, 0.25) is 17.3 Å². The van der Waals surface area contributed by atoms with Crippen LogP contribution in [0.1, 0.15) is 15.9 Å². The third kappa shape index (κ3) is 2.26. The van der Waals surface area contributed by atoms with Crippen LogP contribution in [0.5, 0.6) is 40.2 Å². The van der Waals surface area contributed by atoms with Crippen LogP contribution in [0, 0.1) is 0 Å². The van der Waals surface area contributed by atoms with E-state index in [9.17, 15) is 35.4 Å². The fourth-order valence-electron chi connectivity index (χ4n) is 1.92. The Morgan fingerprint density at radius 3 is 1.91 bits per heavy atom. The fourth-order valence-corrected chi connectivity index (χ4v) is 1.92. The van der Waals surface area contributed by atoms with E-state index in [0.29, 0.717) is 0 Å². The molecule has 2 aromatic rings. The monoisotopic (exact) mass is 308 g/mol. The fraction of sp³-hybridized carbons (Fsp3) is 0.0714. The molecule has 0 spiro atoms. The van der Waals surface area contributed by atoms with Crippen LogP contribution >= 0.6 is 0 Å². The number of carbonyl (C=O) groups is 1. The molecule has 0 saturated carbocycles. The molecule has 0 fully saturated rings. The molecule has 8 heteroatoms. The summed E-state index contributed by atoms with van der Waals surface area (Å²) in [5, 5.41) is 57.4. The Morgan fingerprint density at radius 1 is 0.864 bits per heavy atom. The first-order valence-electron chi connectivity index (χ1n) is 5.89. The van der Waals surface area contributed by atoms with E-state index in [1.54, 1.807) is 0 Å². The van der Waals surface area contributed by atoms with Crippen LogP contribution in [0.4, 0.5) is 0 Å². The lowest BCUT2D eigenvalue weighted by atomic mass is 9.99. The lowest BCUT2D eigenvalue weighted by molar-refractivity contribution is 0.103. The largest absolute Gasteiger partial charge is 0.508 e. The van der Waals surface area contributed by atoms with Crippen molar-refractivity contribution >= 4 is 5.78 Å². The summed E-state index contributed by atoms with van der Waals surface area (Å²) in [6, 6.07) is 2.57. The van der Waals surface area contributed by atoms with E-state index in [1.165, 1.54) is 0 Å². The number of benzene rings is 2. The molecule has 0 saturated heterocycles. The summed E-state index contributed by atoms with van der Waals surface area (Å²) in [7, 11) is 1.16. The van der Waals surface area contributed by atoms with Gasteiger partial charge in [0.25, 0.3) is 0 Å². The molecule has 6 N–H and O–H groups in total. The van der Waals surface area contributed by atoms with Gasteiger partial charge in [0.1, 0.15) is 22.8 Å². The van der Waals surface area contributed by atoms with Crippen LogP contribution in [-0.2, 0) is 0 Å². The number of ketones is 1. The molecule has 0 aliphatic rings. The highest BCUT2D eigenvalue weighted by atomic mass is 16.5. The number of hydrogen-bond donors (Lipinski definition) is 6. The third-order valence-corrected chi connectivity index (χ3v) is 2.99. The van der Waals surface area contributed by atoms with Crippen LogP contribution in [-0.4, -0.2) is 43.5 Å². The summed E-state index contributed by atoms with van der Waals surface area (Å²) in [4.78, 5) is 12.3. The first kappa shape index (κ1) is 15.1. The van der Waals surface area contributed by atoms with Gasteiger partial charge >= 0.3 is 0 Å². The van der Waals surface area contributed by atoms with Crippen LogP contribution in [0.25, 0.3) is 0 Å². The molecule has 0 aliphatic heterocycles. The number of hydrogen-bond acceptors (Lipinski definition) is 8. The number of rotatable bonds is 3. The number of ether oxygens (including phenoxy) is 1. The molecule has 8 nitrogen and oxygen atoms in total. The molecular weight excluding hydrogens is 296 g/mol. The zero-order valence-corrected chi connectivity index (χ0v) is 11.2. The molecule has 0 atom stereocenters. The highest BCUT2D eigenvalue weighted by Crippen LogP contribution is 2.46. The van der Waals surface area contributed by atoms with Crippen molar-refractivity contribution in [3.05, 3.63) is 29.3 Å². The molecule has 0 unspecified atom stereocenters. The smallest absolute Gasteiger partial charge is 0.205 e. The van der Waals surface area contributed by atoms with Crippen LogP contribution < -0.4 is 4.74 Å². The first-order chi connectivity index (χ1) is 10.3. The minimum Gasteiger partial charge on any atom is -0.508 e. The maximum absolute atomic E-state index is 12.3. The Morgan fingerprint density at radius 2 is 1.41 bits per heavy atom. The van der Waals surface area contributed by atoms with Crippen molar-refractivity contribution in [1.82, 2.24) is 0 Å². The van der Waals surface area contributed by atoms with E-state index in [2.05, 4.69) is 0 Å². The SMILES string of the molecule is COc1cc(C(=O)c2c(O)cc(O)cc2O)c(O)c(O)c1O. The topological polar surface area (TPSA) is 148 Å². The van der Waals surface area contributed by atoms with Crippen molar-refractivity contribution in [1.29, 1.82) is 0 Å². The van der Waals surface area contributed by atoms with Crippen molar-refractivity contribution in [3.63, 3.8) is 0 Å². The molecule has 0 amide bonds. The summed E-state index contributed by atoms with van der Waals surface area (Å²) >= 11 is 0. The minimum absolute atomic E-state index is 0.295. The van der Waals surface area contributed by atoms with Gasteiger partial charge in [0.05, 0.1) is 12.7 Å². The Labute approximate surface area is 123 Å². The Kier molecular flexibility index (Phi) is 3.60. The minimum atomic E-state index is -1.05. The molecule has 22 heavy (non-hydrogen) atoms. The van der Waals surface area contributed by atoms with Gasteiger partial charge < -0.3 is 35.4 Å². The van der Waals surface area contributed by atoms with Gasteiger partial charge in [-0.2, -0.15) is 0 Å². The molecule has 0 aromatic heterocycles. The molecule has 0 heterocycles. The van der Waals surface area contributed by atoms with Crippen molar-refractivity contribution < 1.29 is 40.2 Å². The van der Waals surface area contributed by atoms with E-state index < -0.39 is 51.4 Å². The molecule has 0 bridgehead atoms. The van der Waals surface area contributed by atoms with E-state index >= 15 is 0 Å². The number of phenols is 6.